The zero-order valence-electron chi connectivity index (χ0n) is 15.0. The first-order chi connectivity index (χ1) is 12.2. The number of carbonyl (C=O) groups is 2. The Bertz CT molecular complexity index is 640. The standard InChI is InChI=1S/C20H28N2O2S/c23-19(21-11-5-6-12-21)15-7-8-17-16(13-15)14-18(25-17)20(24)22-9-3-1-2-4-10-22/h14-15H,1-13H2. The van der Waals surface area contributed by atoms with Crippen LogP contribution in [0.25, 0.3) is 0 Å². The van der Waals surface area contributed by atoms with Gasteiger partial charge in [0.1, 0.15) is 0 Å². The lowest BCUT2D eigenvalue weighted by molar-refractivity contribution is -0.134. The van der Waals surface area contributed by atoms with Gasteiger partial charge < -0.3 is 9.80 Å². The summed E-state index contributed by atoms with van der Waals surface area (Å²) in [4.78, 5) is 31.9. The Kier molecular flexibility index (Phi) is 5.11. The molecule has 1 aromatic rings. The number of fused-ring (bicyclic) bond motifs is 1. The van der Waals surface area contributed by atoms with Gasteiger partial charge in [-0.3, -0.25) is 9.59 Å². The fraction of sp³-hybridized carbons (Fsp3) is 0.700. The number of hydrogen-bond donors (Lipinski definition) is 0. The molecule has 0 spiro atoms. The van der Waals surface area contributed by atoms with E-state index in [1.807, 2.05) is 9.80 Å². The first kappa shape index (κ1) is 17.1. The summed E-state index contributed by atoms with van der Waals surface area (Å²) in [7, 11) is 0. The number of aryl methyl sites for hydroxylation is 1. The molecule has 2 saturated heterocycles. The van der Waals surface area contributed by atoms with Crippen molar-refractivity contribution in [2.45, 2.75) is 57.8 Å². The molecule has 1 aromatic heterocycles. The number of rotatable bonds is 2. The van der Waals surface area contributed by atoms with Gasteiger partial charge in [-0.1, -0.05) is 12.8 Å². The van der Waals surface area contributed by atoms with Gasteiger partial charge in [-0.25, -0.2) is 0 Å². The highest BCUT2D eigenvalue weighted by Crippen LogP contribution is 2.34. The molecule has 4 nitrogen and oxygen atoms in total. The first-order valence-corrected chi connectivity index (χ1v) is 10.7. The third-order valence-corrected chi connectivity index (χ3v) is 7.18. The maximum atomic E-state index is 12.9. The van der Waals surface area contributed by atoms with E-state index in [9.17, 15) is 9.59 Å². The van der Waals surface area contributed by atoms with Crippen molar-refractivity contribution in [1.82, 2.24) is 9.80 Å². The molecule has 5 heteroatoms. The zero-order valence-corrected chi connectivity index (χ0v) is 15.8. The summed E-state index contributed by atoms with van der Waals surface area (Å²) < 4.78 is 0. The van der Waals surface area contributed by atoms with Crippen LogP contribution in [0.1, 0.15) is 65.1 Å². The van der Waals surface area contributed by atoms with E-state index in [0.29, 0.717) is 5.91 Å². The summed E-state index contributed by atoms with van der Waals surface area (Å²) in [5.74, 6) is 0.680. The Labute approximate surface area is 154 Å². The molecular weight excluding hydrogens is 332 g/mol. The molecule has 25 heavy (non-hydrogen) atoms. The summed E-state index contributed by atoms with van der Waals surface area (Å²) in [5.41, 5.74) is 1.26. The monoisotopic (exact) mass is 360 g/mol. The summed E-state index contributed by atoms with van der Waals surface area (Å²) in [6, 6.07) is 2.09. The van der Waals surface area contributed by atoms with Gasteiger partial charge in [-0.15, -0.1) is 11.3 Å². The number of thiophene rings is 1. The van der Waals surface area contributed by atoms with Crippen LogP contribution >= 0.6 is 11.3 Å². The number of hydrogen-bond acceptors (Lipinski definition) is 3. The second kappa shape index (κ2) is 7.48. The molecule has 1 aliphatic carbocycles. The van der Waals surface area contributed by atoms with Crippen molar-refractivity contribution < 1.29 is 9.59 Å². The highest BCUT2D eigenvalue weighted by Gasteiger charge is 2.31. The molecular formula is C20H28N2O2S. The SMILES string of the molecule is O=C(c1cc2c(s1)CCC(C(=O)N1CCCC1)C2)N1CCCCCC1. The predicted molar refractivity (Wildman–Crippen MR) is 100 cm³/mol. The summed E-state index contributed by atoms with van der Waals surface area (Å²) in [6.07, 6.45) is 9.77. The van der Waals surface area contributed by atoms with Gasteiger partial charge in [-0.05, 0) is 56.6 Å². The van der Waals surface area contributed by atoms with Crippen LogP contribution in [0.2, 0.25) is 0 Å². The average molecular weight is 361 g/mol. The van der Waals surface area contributed by atoms with E-state index in [1.54, 1.807) is 11.3 Å². The summed E-state index contributed by atoms with van der Waals surface area (Å²) in [5, 5.41) is 0. The Hall–Kier alpha value is -1.36. The van der Waals surface area contributed by atoms with Crippen molar-refractivity contribution in [3.8, 4) is 0 Å². The Balaban J connectivity index is 1.44. The van der Waals surface area contributed by atoms with Crippen molar-refractivity contribution in [2.75, 3.05) is 26.2 Å². The van der Waals surface area contributed by atoms with E-state index in [4.69, 9.17) is 0 Å². The fourth-order valence-corrected chi connectivity index (χ4v) is 5.64. The minimum Gasteiger partial charge on any atom is -0.342 e. The third kappa shape index (κ3) is 3.62. The Morgan fingerprint density at radius 3 is 2.28 bits per heavy atom. The number of nitrogens with zero attached hydrogens (tertiary/aromatic N) is 2. The van der Waals surface area contributed by atoms with Crippen LogP contribution in [0.4, 0.5) is 0 Å². The highest BCUT2D eigenvalue weighted by atomic mass is 32.1. The molecule has 136 valence electrons. The van der Waals surface area contributed by atoms with Crippen molar-refractivity contribution >= 4 is 23.2 Å². The van der Waals surface area contributed by atoms with Gasteiger partial charge in [0.25, 0.3) is 5.91 Å². The van der Waals surface area contributed by atoms with Crippen molar-refractivity contribution in [2.24, 2.45) is 5.92 Å². The van der Waals surface area contributed by atoms with E-state index in [-0.39, 0.29) is 11.8 Å². The second-order valence-corrected chi connectivity index (χ2v) is 8.87. The van der Waals surface area contributed by atoms with Crippen LogP contribution in [0.3, 0.4) is 0 Å². The van der Waals surface area contributed by atoms with Gasteiger partial charge in [-0.2, -0.15) is 0 Å². The smallest absolute Gasteiger partial charge is 0.263 e. The highest BCUT2D eigenvalue weighted by molar-refractivity contribution is 7.14. The molecule has 2 fully saturated rings. The second-order valence-electron chi connectivity index (χ2n) is 7.74. The summed E-state index contributed by atoms with van der Waals surface area (Å²) in [6.45, 7) is 3.67. The lowest BCUT2D eigenvalue weighted by Gasteiger charge is -2.26. The molecule has 3 aliphatic rings. The molecule has 0 N–H and O–H groups in total. The Morgan fingerprint density at radius 2 is 1.56 bits per heavy atom. The van der Waals surface area contributed by atoms with Crippen LogP contribution in [0.15, 0.2) is 6.07 Å². The van der Waals surface area contributed by atoms with Crippen LogP contribution in [0, 0.1) is 5.92 Å². The van der Waals surface area contributed by atoms with Crippen LogP contribution < -0.4 is 0 Å². The number of likely N-dealkylation sites (tertiary alicyclic amines) is 2. The van der Waals surface area contributed by atoms with Crippen molar-refractivity contribution in [3.63, 3.8) is 0 Å². The molecule has 1 atom stereocenters. The zero-order chi connectivity index (χ0) is 17.2. The molecule has 3 heterocycles. The van der Waals surface area contributed by atoms with Crippen LogP contribution in [0.5, 0.6) is 0 Å². The minimum absolute atomic E-state index is 0.126. The van der Waals surface area contributed by atoms with Crippen LogP contribution in [-0.4, -0.2) is 47.8 Å². The predicted octanol–water partition coefficient (Wildman–Crippen LogP) is 3.49. The van der Waals surface area contributed by atoms with E-state index in [2.05, 4.69) is 6.07 Å². The van der Waals surface area contributed by atoms with Crippen molar-refractivity contribution in [3.05, 3.63) is 21.4 Å². The van der Waals surface area contributed by atoms with E-state index in [0.717, 1.165) is 76.0 Å². The molecule has 0 saturated carbocycles. The van der Waals surface area contributed by atoms with Crippen LogP contribution in [-0.2, 0) is 17.6 Å². The lowest BCUT2D eigenvalue weighted by atomic mass is 9.87. The maximum absolute atomic E-state index is 12.9. The van der Waals surface area contributed by atoms with E-state index in [1.165, 1.54) is 23.3 Å². The van der Waals surface area contributed by atoms with Gasteiger partial charge in [0.15, 0.2) is 0 Å². The normalized spacial score (nSPS) is 24.1. The third-order valence-electron chi connectivity index (χ3n) is 5.95. The van der Waals surface area contributed by atoms with Crippen molar-refractivity contribution in [1.29, 1.82) is 0 Å². The van der Waals surface area contributed by atoms with Gasteiger partial charge >= 0.3 is 0 Å². The Morgan fingerprint density at radius 1 is 0.920 bits per heavy atom. The first-order valence-electron chi connectivity index (χ1n) is 9.92. The fourth-order valence-electron chi connectivity index (χ4n) is 4.47. The molecule has 0 radical (unpaired) electrons. The quantitative estimate of drug-likeness (QED) is 0.810. The molecule has 1 unspecified atom stereocenters. The van der Waals surface area contributed by atoms with E-state index < -0.39 is 0 Å². The molecule has 0 bridgehead atoms. The topological polar surface area (TPSA) is 40.6 Å². The van der Waals surface area contributed by atoms with Gasteiger partial charge in [0.2, 0.25) is 5.91 Å². The van der Waals surface area contributed by atoms with Gasteiger partial charge in [0.05, 0.1) is 4.88 Å². The number of amides is 2. The molecule has 2 aliphatic heterocycles. The van der Waals surface area contributed by atoms with Gasteiger partial charge in [0, 0.05) is 37.0 Å². The molecule has 2 amide bonds. The molecule has 4 rings (SSSR count). The average Bonchev–Trinajstić information content (AvgIpc) is 3.23. The molecule has 0 aromatic carbocycles. The maximum Gasteiger partial charge on any atom is 0.263 e. The van der Waals surface area contributed by atoms with E-state index >= 15 is 0 Å². The minimum atomic E-state index is 0.126. The summed E-state index contributed by atoms with van der Waals surface area (Å²) >= 11 is 1.67. The number of carbonyl (C=O) groups excluding carboxylic acids is 2. The lowest BCUT2D eigenvalue weighted by Crippen LogP contribution is -2.36. The largest absolute Gasteiger partial charge is 0.342 e.